The van der Waals surface area contributed by atoms with Crippen LogP contribution in [0.1, 0.15) is 44.1 Å². The fourth-order valence-corrected chi connectivity index (χ4v) is 3.83. The Morgan fingerprint density at radius 2 is 1.87 bits per heavy atom. The van der Waals surface area contributed by atoms with Crippen molar-refractivity contribution in [1.29, 1.82) is 0 Å². The van der Waals surface area contributed by atoms with E-state index in [1.54, 1.807) is 17.0 Å². The lowest BCUT2D eigenvalue weighted by Crippen LogP contribution is -2.44. The van der Waals surface area contributed by atoms with Crippen LogP contribution in [0.5, 0.6) is 5.75 Å². The first-order chi connectivity index (χ1) is 14.4. The Bertz CT molecular complexity index is 732. The van der Waals surface area contributed by atoms with Crippen molar-refractivity contribution in [2.24, 2.45) is 11.7 Å². The first kappa shape index (κ1) is 23.7. The molecule has 1 aliphatic carbocycles. The zero-order valence-corrected chi connectivity index (χ0v) is 18.0. The molecular weight excluding hydrogens is 384 g/mol. The number of nitrogens with zero attached hydrogens (tertiary/aromatic N) is 1. The maximum Gasteiger partial charge on any atom is 0.243 e. The van der Waals surface area contributed by atoms with Crippen LogP contribution < -0.4 is 21.1 Å². The Labute approximate surface area is 178 Å². The van der Waals surface area contributed by atoms with E-state index in [9.17, 15) is 14.4 Å². The maximum atomic E-state index is 12.3. The van der Waals surface area contributed by atoms with Crippen molar-refractivity contribution < 1.29 is 19.1 Å². The van der Waals surface area contributed by atoms with Gasteiger partial charge in [-0.1, -0.05) is 38.2 Å². The van der Waals surface area contributed by atoms with E-state index < -0.39 is 5.91 Å². The van der Waals surface area contributed by atoms with Gasteiger partial charge < -0.3 is 21.1 Å². The molecule has 8 heteroatoms. The predicted octanol–water partition coefficient (Wildman–Crippen LogP) is 1.82. The summed E-state index contributed by atoms with van der Waals surface area (Å²) < 4.78 is 5.24. The number of benzene rings is 1. The molecule has 166 valence electrons. The van der Waals surface area contributed by atoms with Crippen LogP contribution in [-0.2, 0) is 14.4 Å². The van der Waals surface area contributed by atoms with Gasteiger partial charge in [-0.05, 0) is 43.5 Å². The molecule has 1 aliphatic rings. The molecule has 0 heterocycles. The van der Waals surface area contributed by atoms with Crippen LogP contribution in [0.2, 0.25) is 0 Å². The van der Waals surface area contributed by atoms with Gasteiger partial charge >= 0.3 is 0 Å². The summed E-state index contributed by atoms with van der Waals surface area (Å²) in [7, 11) is 1.53. The average molecular weight is 419 g/mol. The minimum absolute atomic E-state index is 0.0346. The molecule has 0 aliphatic heterocycles. The Balaban J connectivity index is 1.80. The van der Waals surface area contributed by atoms with Crippen LogP contribution >= 0.6 is 0 Å². The minimum Gasteiger partial charge on any atom is -0.495 e. The summed E-state index contributed by atoms with van der Waals surface area (Å²) in [6.07, 6.45) is 7.16. The molecule has 0 bridgehead atoms. The van der Waals surface area contributed by atoms with Crippen LogP contribution in [0.25, 0.3) is 0 Å². The highest BCUT2D eigenvalue weighted by Crippen LogP contribution is 2.26. The Morgan fingerprint density at radius 1 is 1.13 bits per heavy atom. The zero-order valence-electron chi connectivity index (χ0n) is 18.0. The van der Waals surface area contributed by atoms with Crippen molar-refractivity contribution >= 4 is 23.4 Å². The molecule has 30 heavy (non-hydrogen) atoms. The van der Waals surface area contributed by atoms with Crippen molar-refractivity contribution in [1.82, 2.24) is 10.2 Å². The van der Waals surface area contributed by atoms with Crippen LogP contribution in [0.3, 0.4) is 0 Å². The van der Waals surface area contributed by atoms with E-state index in [1.165, 1.54) is 39.2 Å². The number of rotatable bonds is 11. The lowest BCUT2D eigenvalue weighted by molar-refractivity contribution is -0.126. The lowest BCUT2D eigenvalue weighted by Gasteiger charge is -2.26. The summed E-state index contributed by atoms with van der Waals surface area (Å²) in [5.41, 5.74) is 6.87. The third-order valence-corrected chi connectivity index (χ3v) is 5.40. The molecule has 8 nitrogen and oxygen atoms in total. The third-order valence-electron chi connectivity index (χ3n) is 5.40. The summed E-state index contributed by atoms with van der Waals surface area (Å²) in [5.74, 6) is 0.0702. The highest BCUT2D eigenvalue weighted by Gasteiger charge is 2.18. The first-order valence-corrected chi connectivity index (χ1v) is 10.6. The Morgan fingerprint density at radius 3 is 2.53 bits per heavy atom. The molecule has 2 rings (SSSR count). The van der Waals surface area contributed by atoms with Gasteiger partial charge in [0.05, 0.1) is 32.4 Å². The number of ether oxygens (including phenoxy) is 1. The number of methoxy groups -OCH3 is 1. The van der Waals surface area contributed by atoms with Crippen LogP contribution in [-0.4, -0.2) is 55.9 Å². The van der Waals surface area contributed by atoms with Gasteiger partial charge in [0.1, 0.15) is 5.75 Å². The number of primary amides is 1. The summed E-state index contributed by atoms with van der Waals surface area (Å²) >= 11 is 0. The molecule has 1 saturated carbocycles. The Kier molecular flexibility index (Phi) is 9.60. The van der Waals surface area contributed by atoms with Crippen LogP contribution in [0.15, 0.2) is 18.2 Å². The second-order valence-electron chi connectivity index (χ2n) is 8.00. The lowest BCUT2D eigenvalue weighted by atomic mass is 9.87. The molecule has 1 aromatic rings. The molecule has 1 fully saturated rings. The van der Waals surface area contributed by atoms with Gasteiger partial charge in [-0.25, -0.2) is 0 Å². The molecule has 3 amide bonds. The van der Waals surface area contributed by atoms with Gasteiger partial charge in [-0.3, -0.25) is 19.3 Å². The molecule has 0 unspecified atom stereocenters. The second kappa shape index (κ2) is 12.2. The van der Waals surface area contributed by atoms with Gasteiger partial charge in [-0.15, -0.1) is 0 Å². The molecule has 0 atom stereocenters. The van der Waals surface area contributed by atoms with E-state index in [0.29, 0.717) is 23.9 Å². The highest BCUT2D eigenvalue weighted by atomic mass is 16.5. The number of hydrogen-bond acceptors (Lipinski definition) is 5. The SMILES string of the molecule is COc1ccc(C)cc1NC(=O)CNC(=O)CN(CCC1CCCCC1)CC(N)=O. The van der Waals surface area contributed by atoms with Crippen LogP contribution in [0, 0.1) is 12.8 Å². The third kappa shape index (κ3) is 8.41. The number of anilines is 1. The second-order valence-corrected chi connectivity index (χ2v) is 8.00. The summed E-state index contributed by atoms with van der Waals surface area (Å²) in [6.45, 7) is 2.47. The monoisotopic (exact) mass is 418 g/mol. The van der Waals surface area contributed by atoms with Crippen molar-refractivity contribution in [3.05, 3.63) is 23.8 Å². The summed E-state index contributed by atoms with van der Waals surface area (Å²) in [6, 6.07) is 5.47. The molecule has 0 saturated heterocycles. The fraction of sp³-hybridized carbons (Fsp3) is 0.591. The summed E-state index contributed by atoms with van der Waals surface area (Å²) in [4.78, 5) is 37.7. The van der Waals surface area contributed by atoms with Gasteiger partial charge in [0, 0.05) is 0 Å². The standard InChI is InChI=1S/C22H34N4O4/c1-16-8-9-19(30-2)18(12-16)25-21(28)13-24-22(29)15-26(14-20(23)27)11-10-17-6-4-3-5-7-17/h8-9,12,17H,3-7,10-11,13-15H2,1-2H3,(H2,23,27)(H,24,29)(H,25,28). The molecular formula is C22H34N4O4. The normalized spacial score (nSPS) is 14.4. The molecule has 0 aromatic heterocycles. The van der Waals surface area contributed by atoms with Crippen molar-refractivity contribution in [2.45, 2.75) is 45.4 Å². The summed E-state index contributed by atoms with van der Waals surface area (Å²) in [5, 5.41) is 5.36. The number of hydrogen-bond donors (Lipinski definition) is 3. The van der Waals surface area contributed by atoms with E-state index >= 15 is 0 Å². The van der Waals surface area contributed by atoms with E-state index in [0.717, 1.165) is 12.0 Å². The molecule has 4 N–H and O–H groups in total. The number of nitrogens with one attached hydrogen (secondary N) is 2. The molecule has 0 radical (unpaired) electrons. The topological polar surface area (TPSA) is 114 Å². The molecule has 0 spiro atoms. The predicted molar refractivity (Wildman–Crippen MR) is 116 cm³/mol. The largest absolute Gasteiger partial charge is 0.495 e. The van der Waals surface area contributed by atoms with Crippen molar-refractivity contribution in [2.75, 3.05) is 38.6 Å². The Hall–Kier alpha value is -2.61. The number of carbonyl (C=O) groups excluding carboxylic acids is 3. The smallest absolute Gasteiger partial charge is 0.243 e. The van der Waals surface area contributed by atoms with Gasteiger partial charge in [0.2, 0.25) is 17.7 Å². The van der Waals surface area contributed by atoms with Crippen molar-refractivity contribution in [3.8, 4) is 5.75 Å². The van der Waals surface area contributed by atoms with Crippen LogP contribution in [0.4, 0.5) is 5.69 Å². The number of nitrogens with two attached hydrogens (primary N) is 1. The van der Waals surface area contributed by atoms with E-state index in [2.05, 4.69) is 10.6 Å². The number of amides is 3. The number of carbonyl (C=O) groups is 3. The zero-order chi connectivity index (χ0) is 21.9. The highest BCUT2D eigenvalue weighted by molar-refractivity contribution is 5.96. The van der Waals surface area contributed by atoms with Gasteiger partial charge in [0.25, 0.3) is 0 Å². The van der Waals surface area contributed by atoms with Crippen molar-refractivity contribution in [3.63, 3.8) is 0 Å². The average Bonchev–Trinajstić information content (AvgIpc) is 2.71. The van der Waals surface area contributed by atoms with E-state index in [1.807, 2.05) is 13.0 Å². The van der Waals surface area contributed by atoms with Gasteiger partial charge in [0.15, 0.2) is 0 Å². The van der Waals surface area contributed by atoms with E-state index in [4.69, 9.17) is 10.5 Å². The number of aryl methyl sites for hydroxylation is 1. The quantitative estimate of drug-likeness (QED) is 0.507. The first-order valence-electron chi connectivity index (χ1n) is 10.6. The molecule has 1 aromatic carbocycles. The van der Waals surface area contributed by atoms with E-state index in [-0.39, 0.29) is 31.4 Å². The van der Waals surface area contributed by atoms with Gasteiger partial charge in [-0.2, -0.15) is 0 Å². The fourth-order valence-electron chi connectivity index (χ4n) is 3.83. The maximum absolute atomic E-state index is 12.3. The minimum atomic E-state index is -0.462.